The number of aryl methyl sites for hydroxylation is 1. The fourth-order valence-electron chi connectivity index (χ4n) is 3.46. The first-order valence-electron chi connectivity index (χ1n) is 8.96. The molecule has 1 saturated heterocycles. The maximum Gasteiger partial charge on any atom is 0.282 e. The van der Waals surface area contributed by atoms with Crippen LogP contribution in [-0.2, 0) is 14.3 Å². The van der Waals surface area contributed by atoms with E-state index >= 15 is 0 Å². The Morgan fingerprint density at radius 1 is 0.929 bits per heavy atom. The number of carbonyl (C=O) groups excluding carboxylic acids is 2. The topological polar surface area (TPSA) is 49.9 Å². The Hall–Kier alpha value is -2.34. The first-order valence-corrected chi connectivity index (χ1v) is 9.71. The summed E-state index contributed by atoms with van der Waals surface area (Å²) in [6.45, 7) is 4.07. The van der Waals surface area contributed by atoms with Crippen LogP contribution in [0.2, 0.25) is 10.0 Å². The van der Waals surface area contributed by atoms with Crippen LogP contribution in [-0.4, -0.2) is 43.0 Å². The number of carbonyl (C=O) groups is 2. The predicted octanol–water partition coefficient (Wildman–Crippen LogP) is 3.92. The summed E-state index contributed by atoms with van der Waals surface area (Å²) in [7, 11) is 0. The SMILES string of the molecule is Cc1ccc(C2=C(N3CCOCC3)C(=O)N(c3cccc(Cl)c3Cl)C2=O)cc1. The monoisotopic (exact) mass is 416 g/mol. The quantitative estimate of drug-likeness (QED) is 0.711. The first kappa shape index (κ1) is 19.0. The smallest absolute Gasteiger partial charge is 0.282 e. The van der Waals surface area contributed by atoms with Gasteiger partial charge in [-0.15, -0.1) is 0 Å². The molecule has 2 aliphatic heterocycles. The van der Waals surface area contributed by atoms with Crippen molar-refractivity contribution in [3.8, 4) is 0 Å². The van der Waals surface area contributed by atoms with Crippen molar-refractivity contribution in [2.45, 2.75) is 6.92 Å². The molecule has 28 heavy (non-hydrogen) atoms. The summed E-state index contributed by atoms with van der Waals surface area (Å²) in [5.74, 6) is -0.800. The van der Waals surface area contributed by atoms with Crippen LogP contribution in [0.1, 0.15) is 11.1 Å². The number of benzene rings is 2. The van der Waals surface area contributed by atoms with Gasteiger partial charge < -0.3 is 9.64 Å². The van der Waals surface area contributed by atoms with E-state index in [9.17, 15) is 9.59 Å². The number of morpholine rings is 1. The lowest BCUT2D eigenvalue weighted by Gasteiger charge is -2.29. The van der Waals surface area contributed by atoms with E-state index in [1.54, 1.807) is 18.2 Å². The molecule has 0 unspecified atom stereocenters. The van der Waals surface area contributed by atoms with Crippen molar-refractivity contribution in [3.05, 3.63) is 69.3 Å². The van der Waals surface area contributed by atoms with Gasteiger partial charge in [0.15, 0.2) is 0 Å². The molecule has 0 atom stereocenters. The fraction of sp³-hybridized carbons (Fsp3) is 0.238. The molecule has 2 heterocycles. The molecule has 0 N–H and O–H groups in total. The van der Waals surface area contributed by atoms with E-state index in [1.165, 1.54) is 0 Å². The van der Waals surface area contributed by atoms with E-state index in [4.69, 9.17) is 27.9 Å². The van der Waals surface area contributed by atoms with Crippen LogP contribution >= 0.6 is 23.2 Å². The highest BCUT2D eigenvalue weighted by Crippen LogP contribution is 2.40. The van der Waals surface area contributed by atoms with Gasteiger partial charge in [-0.25, -0.2) is 4.90 Å². The lowest BCUT2D eigenvalue weighted by molar-refractivity contribution is -0.121. The molecule has 1 fully saturated rings. The van der Waals surface area contributed by atoms with Gasteiger partial charge in [-0.1, -0.05) is 59.1 Å². The molecule has 0 saturated carbocycles. The minimum atomic E-state index is -0.403. The summed E-state index contributed by atoms with van der Waals surface area (Å²) in [5, 5.41) is 0.467. The van der Waals surface area contributed by atoms with Crippen LogP contribution in [0.4, 0.5) is 5.69 Å². The number of anilines is 1. The van der Waals surface area contributed by atoms with E-state index in [0.29, 0.717) is 43.1 Å². The molecule has 0 aliphatic carbocycles. The number of amides is 2. The average molecular weight is 417 g/mol. The highest BCUT2D eigenvalue weighted by Gasteiger charge is 2.43. The summed E-state index contributed by atoms with van der Waals surface area (Å²) < 4.78 is 5.41. The van der Waals surface area contributed by atoms with Gasteiger partial charge in [-0.3, -0.25) is 9.59 Å². The van der Waals surface area contributed by atoms with Crippen molar-refractivity contribution < 1.29 is 14.3 Å². The van der Waals surface area contributed by atoms with Crippen molar-refractivity contribution in [2.24, 2.45) is 0 Å². The Bertz CT molecular complexity index is 980. The van der Waals surface area contributed by atoms with Gasteiger partial charge in [-0.05, 0) is 24.6 Å². The maximum atomic E-state index is 13.4. The maximum absolute atomic E-state index is 13.4. The van der Waals surface area contributed by atoms with Crippen LogP contribution in [0, 0.1) is 6.92 Å². The molecular weight excluding hydrogens is 399 g/mol. The zero-order chi connectivity index (χ0) is 19.8. The van der Waals surface area contributed by atoms with Gasteiger partial charge in [0.1, 0.15) is 5.70 Å². The van der Waals surface area contributed by atoms with Gasteiger partial charge in [-0.2, -0.15) is 0 Å². The number of rotatable bonds is 3. The van der Waals surface area contributed by atoms with Crippen molar-refractivity contribution in [1.29, 1.82) is 0 Å². The molecule has 2 aromatic rings. The molecule has 0 radical (unpaired) electrons. The Morgan fingerprint density at radius 3 is 2.29 bits per heavy atom. The van der Waals surface area contributed by atoms with Crippen molar-refractivity contribution in [2.75, 3.05) is 31.2 Å². The van der Waals surface area contributed by atoms with Crippen molar-refractivity contribution in [1.82, 2.24) is 4.90 Å². The zero-order valence-corrected chi connectivity index (χ0v) is 16.8. The van der Waals surface area contributed by atoms with E-state index in [-0.39, 0.29) is 15.7 Å². The Kier molecular flexibility index (Phi) is 5.15. The van der Waals surface area contributed by atoms with Crippen LogP contribution in [0.25, 0.3) is 5.57 Å². The van der Waals surface area contributed by atoms with Gasteiger partial charge in [0.25, 0.3) is 11.8 Å². The lowest BCUT2D eigenvalue weighted by Crippen LogP contribution is -2.40. The largest absolute Gasteiger partial charge is 0.378 e. The third-order valence-corrected chi connectivity index (χ3v) is 5.71. The van der Waals surface area contributed by atoms with Gasteiger partial charge >= 0.3 is 0 Å². The number of halogens is 2. The number of nitrogens with zero attached hydrogens (tertiary/aromatic N) is 2. The second-order valence-electron chi connectivity index (χ2n) is 6.71. The molecular formula is C21H18Cl2N2O3. The highest BCUT2D eigenvalue weighted by molar-refractivity contribution is 6.49. The number of imide groups is 1. The van der Waals surface area contributed by atoms with Crippen molar-refractivity contribution >= 4 is 46.3 Å². The van der Waals surface area contributed by atoms with Gasteiger partial charge in [0, 0.05) is 13.1 Å². The van der Waals surface area contributed by atoms with Crippen LogP contribution in [0.3, 0.4) is 0 Å². The second-order valence-corrected chi connectivity index (χ2v) is 7.49. The lowest BCUT2D eigenvalue weighted by atomic mass is 10.0. The third-order valence-electron chi connectivity index (χ3n) is 4.90. The van der Waals surface area contributed by atoms with Crippen LogP contribution in [0.15, 0.2) is 48.2 Å². The van der Waals surface area contributed by atoms with Crippen LogP contribution < -0.4 is 4.90 Å². The molecule has 5 nitrogen and oxygen atoms in total. The molecule has 144 valence electrons. The zero-order valence-electron chi connectivity index (χ0n) is 15.2. The van der Waals surface area contributed by atoms with E-state index < -0.39 is 11.8 Å². The predicted molar refractivity (Wildman–Crippen MR) is 109 cm³/mol. The van der Waals surface area contributed by atoms with E-state index in [1.807, 2.05) is 36.1 Å². The Balaban J connectivity index is 1.85. The Labute approximate surface area is 173 Å². The molecule has 2 amide bonds. The standard InChI is InChI=1S/C21H18Cl2N2O3/c1-13-5-7-14(8-6-13)17-19(24-9-11-28-12-10-24)21(27)25(20(17)26)16-4-2-3-15(22)18(16)23/h2-8H,9-12H2,1H3. The number of hydrogen-bond acceptors (Lipinski definition) is 4. The number of ether oxygens (including phenoxy) is 1. The normalized spacial score (nSPS) is 17.7. The summed E-state index contributed by atoms with van der Waals surface area (Å²) in [5.41, 5.74) is 2.82. The third kappa shape index (κ3) is 3.20. The molecule has 0 spiro atoms. The molecule has 2 aliphatic rings. The van der Waals surface area contributed by atoms with Gasteiger partial charge in [0.2, 0.25) is 0 Å². The summed E-state index contributed by atoms with van der Waals surface area (Å²) >= 11 is 12.4. The molecule has 4 rings (SSSR count). The first-order chi connectivity index (χ1) is 13.5. The van der Waals surface area contributed by atoms with Crippen LogP contribution in [0.5, 0.6) is 0 Å². The Morgan fingerprint density at radius 2 is 1.61 bits per heavy atom. The molecule has 7 heteroatoms. The molecule has 0 bridgehead atoms. The summed E-state index contributed by atoms with van der Waals surface area (Å²) in [6, 6.07) is 12.5. The minimum Gasteiger partial charge on any atom is -0.378 e. The minimum absolute atomic E-state index is 0.178. The fourth-order valence-corrected chi connectivity index (χ4v) is 3.84. The summed E-state index contributed by atoms with van der Waals surface area (Å²) in [4.78, 5) is 29.8. The van der Waals surface area contributed by atoms with E-state index in [0.717, 1.165) is 10.5 Å². The average Bonchev–Trinajstić information content (AvgIpc) is 2.96. The molecule has 2 aromatic carbocycles. The van der Waals surface area contributed by atoms with Gasteiger partial charge in [0.05, 0.1) is 34.5 Å². The number of hydrogen-bond donors (Lipinski definition) is 0. The molecule has 0 aromatic heterocycles. The van der Waals surface area contributed by atoms with E-state index in [2.05, 4.69) is 0 Å². The van der Waals surface area contributed by atoms with Crippen molar-refractivity contribution in [3.63, 3.8) is 0 Å². The highest BCUT2D eigenvalue weighted by atomic mass is 35.5. The second kappa shape index (κ2) is 7.59. The summed E-state index contributed by atoms with van der Waals surface area (Å²) in [6.07, 6.45) is 0.